The van der Waals surface area contributed by atoms with E-state index in [1.165, 1.54) is 13.8 Å². The molecule has 1 heterocycles. The zero-order chi connectivity index (χ0) is 10.1. The van der Waals surface area contributed by atoms with Gasteiger partial charge in [0.05, 0.1) is 0 Å². The van der Waals surface area contributed by atoms with E-state index in [2.05, 4.69) is 0 Å². The van der Waals surface area contributed by atoms with Gasteiger partial charge in [0.15, 0.2) is 12.1 Å². The normalized spacial score (nSPS) is 34.9. The van der Waals surface area contributed by atoms with Crippen LogP contribution in [0.2, 0.25) is 0 Å². The molecular formula is C9H16O4. The molecule has 0 radical (unpaired) electrons. The minimum Gasteiger partial charge on any atom is -0.366 e. The number of aldehydes is 1. The molecule has 4 heteroatoms. The van der Waals surface area contributed by atoms with Crippen LogP contribution in [0.1, 0.15) is 27.2 Å². The SMILES string of the molecule is CC1CC(OC(C)(C)O)OC1C=O. The quantitative estimate of drug-likeness (QED) is 0.522. The third-order valence-electron chi connectivity index (χ3n) is 1.99. The predicted molar refractivity (Wildman–Crippen MR) is 45.9 cm³/mol. The fraction of sp³-hybridized carbons (Fsp3) is 0.889. The lowest BCUT2D eigenvalue weighted by Gasteiger charge is -2.22. The molecule has 1 aliphatic heterocycles. The molecule has 0 saturated carbocycles. The second-order valence-corrected chi connectivity index (χ2v) is 3.94. The van der Waals surface area contributed by atoms with Gasteiger partial charge in [-0.3, -0.25) is 0 Å². The summed E-state index contributed by atoms with van der Waals surface area (Å²) in [5, 5.41) is 9.33. The number of carbonyl (C=O) groups excluding carboxylic acids is 1. The Morgan fingerprint density at radius 2 is 2.23 bits per heavy atom. The molecule has 0 aromatic heterocycles. The van der Waals surface area contributed by atoms with E-state index in [-0.39, 0.29) is 5.92 Å². The lowest BCUT2D eigenvalue weighted by atomic mass is 10.1. The summed E-state index contributed by atoms with van der Waals surface area (Å²) in [7, 11) is 0. The highest BCUT2D eigenvalue weighted by atomic mass is 16.7. The van der Waals surface area contributed by atoms with E-state index in [1.807, 2.05) is 6.92 Å². The van der Waals surface area contributed by atoms with Gasteiger partial charge in [0.25, 0.3) is 0 Å². The molecule has 13 heavy (non-hydrogen) atoms. The maximum atomic E-state index is 10.5. The molecule has 1 rings (SSSR count). The van der Waals surface area contributed by atoms with Gasteiger partial charge in [0.2, 0.25) is 0 Å². The second-order valence-electron chi connectivity index (χ2n) is 3.94. The molecule has 4 nitrogen and oxygen atoms in total. The van der Waals surface area contributed by atoms with Crippen LogP contribution >= 0.6 is 0 Å². The monoisotopic (exact) mass is 188 g/mol. The first-order valence-electron chi connectivity index (χ1n) is 4.43. The number of ether oxygens (including phenoxy) is 2. The molecule has 0 aromatic carbocycles. The number of aliphatic hydroxyl groups is 1. The molecule has 3 atom stereocenters. The Balaban J connectivity index is 2.44. The third-order valence-corrected chi connectivity index (χ3v) is 1.99. The molecule has 1 N–H and O–H groups in total. The second kappa shape index (κ2) is 3.74. The third kappa shape index (κ3) is 3.06. The van der Waals surface area contributed by atoms with Crippen molar-refractivity contribution in [3.05, 3.63) is 0 Å². The summed E-state index contributed by atoms with van der Waals surface area (Å²) in [6.45, 7) is 5.00. The van der Waals surface area contributed by atoms with Crippen LogP contribution in [0.4, 0.5) is 0 Å². The Bertz CT molecular complexity index is 185. The van der Waals surface area contributed by atoms with Gasteiger partial charge >= 0.3 is 0 Å². The van der Waals surface area contributed by atoms with Crippen molar-refractivity contribution in [3.63, 3.8) is 0 Å². The van der Waals surface area contributed by atoms with Crippen molar-refractivity contribution in [1.29, 1.82) is 0 Å². The highest BCUT2D eigenvalue weighted by molar-refractivity contribution is 5.57. The molecule has 1 aliphatic rings. The summed E-state index contributed by atoms with van der Waals surface area (Å²) >= 11 is 0. The summed E-state index contributed by atoms with van der Waals surface area (Å²) < 4.78 is 10.4. The van der Waals surface area contributed by atoms with Gasteiger partial charge in [-0.1, -0.05) is 6.92 Å². The maximum absolute atomic E-state index is 10.5. The first-order valence-corrected chi connectivity index (χ1v) is 4.43. The fourth-order valence-electron chi connectivity index (χ4n) is 1.37. The molecule has 0 aliphatic carbocycles. The van der Waals surface area contributed by atoms with E-state index >= 15 is 0 Å². The van der Waals surface area contributed by atoms with Gasteiger partial charge in [-0.15, -0.1) is 0 Å². The molecule has 76 valence electrons. The van der Waals surface area contributed by atoms with Crippen molar-refractivity contribution in [2.75, 3.05) is 0 Å². The molecular weight excluding hydrogens is 172 g/mol. The lowest BCUT2D eigenvalue weighted by molar-refractivity contribution is -0.266. The van der Waals surface area contributed by atoms with Crippen LogP contribution in [-0.2, 0) is 14.3 Å². The van der Waals surface area contributed by atoms with Crippen LogP contribution in [0.25, 0.3) is 0 Å². The van der Waals surface area contributed by atoms with Crippen LogP contribution in [0.3, 0.4) is 0 Å². The van der Waals surface area contributed by atoms with Crippen molar-refractivity contribution >= 4 is 6.29 Å². The first kappa shape index (κ1) is 10.6. The van der Waals surface area contributed by atoms with Crippen LogP contribution < -0.4 is 0 Å². The van der Waals surface area contributed by atoms with Gasteiger partial charge in [0, 0.05) is 6.42 Å². The van der Waals surface area contributed by atoms with Gasteiger partial charge < -0.3 is 19.4 Å². The summed E-state index contributed by atoms with van der Waals surface area (Å²) in [6, 6.07) is 0. The van der Waals surface area contributed by atoms with Crippen molar-refractivity contribution < 1.29 is 19.4 Å². The van der Waals surface area contributed by atoms with Crippen LogP contribution in [0.15, 0.2) is 0 Å². The smallest absolute Gasteiger partial charge is 0.162 e. The Hall–Kier alpha value is -0.450. The minimum atomic E-state index is -1.21. The Labute approximate surface area is 77.8 Å². The zero-order valence-electron chi connectivity index (χ0n) is 8.19. The summed E-state index contributed by atoms with van der Waals surface area (Å²) in [4.78, 5) is 10.5. The first-order chi connectivity index (χ1) is 5.92. The summed E-state index contributed by atoms with van der Waals surface area (Å²) in [5.74, 6) is -1.05. The van der Waals surface area contributed by atoms with Gasteiger partial charge in [-0.05, 0) is 19.8 Å². The van der Waals surface area contributed by atoms with E-state index in [0.717, 1.165) is 6.29 Å². The minimum absolute atomic E-state index is 0.157. The van der Waals surface area contributed by atoms with Gasteiger partial charge in [-0.2, -0.15) is 0 Å². The molecule has 0 amide bonds. The van der Waals surface area contributed by atoms with Crippen molar-refractivity contribution in [3.8, 4) is 0 Å². The average molecular weight is 188 g/mol. The topological polar surface area (TPSA) is 55.8 Å². The number of rotatable bonds is 3. The highest BCUT2D eigenvalue weighted by Crippen LogP contribution is 2.27. The molecule has 3 unspecified atom stereocenters. The van der Waals surface area contributed by atoms with Crippen LogP contribution in [0, 0.1) is 5.92 Å². The van der Waals surface area contributed by atoms with Gasteiger partial charge in [-0.25, -0.2) is 0 Å². The van der Waals surface area contributed by atoms with Crippen LogP contribution in [0.5, 0.6) is 0 Å². The molecule has 1 saturated heterocycles. The molecule has 0 spiro atoms. The Morgan fingerprint density at radius 3 is 2.62 bits per heavy atom. The standard InChI is InChI=1S/C9H16O4/c1-6-4-8(12-7(6)5-10)13-9(2,3)11/h5-8,11H,4H2,1-3H3. The van der Waals surface area contributed by atoms with Crippen molar-refractivity contribution in [2.45, 2.75) is 45.4 Å². The average Bonchev–Trinajstić information content (AvgIpc) is 2.26. The van der Waals surface area contributed by atoms with Crippen LogP contribution in [-0.4, -0.2) is 29.6 Å². The molecule has 0 bridgehead atoms. The van der Waals surface area contributed by atoms with Crippen molar-refractivity contribution in [1.82, 2.24) is 0 Å². The lowest BCUT2D eigenvalue weighted by Crippen LogP contribution is -2.30. The summed E-state index contributed by atoms with van der Waals surface area (Å²) in [5.41, 5.74) is 0. The predicted octanol–water partition coefficient (Wildman–Crippen LogP) is 0.681. The van der Waals surface area contributed by atoms with Gasteiger partial charge in [0.1, 0.15) is 12.4 Å². The van der Waals surface area contributed by atoms with Crippen molar-refractivity contribution in [2.24, 2.45) is 5.92 Å². The maximum Gasteiger partial charge on any atom is 0.162 e. The number of carbonyl (C=O) groups is 1. The Kier molecular flexibility index (Phi) is 3.05. The number of hydrogen-bond acceptors (Lipinski definition) is 4. The molecule has 0 aromatic rings. The van der Waals surface area contributed by atoms with E-state index in [1.54, 1.807) is 0 Å². The highest BCUT2D eigenvalue weighted by Gasteiger charge is 2.35. The van der Waals surface area contributed by atoms with E-state index < -0.39 is 18.2 Å². The zero-order valence-corrected chi connectivity index (χ0v) is 8.19. The molecule has 1 fully saturated rings. The van der Waals surface area contributed by atoms with E-state index in [0.29, 0.717) is 6.42 Å². The van der Waals surface area contributed by atoms with E-state index in [4.69, 9.17) is 9.47 Å². The Morgan fingerprint density at radius 1 is 1.62 bits per heavy atom. The largest absolute Gasteiger partial charge is 0.366 e. The van der Waals surface area contributed by atoms with E-state index in [9.17, 15) is 9.90 Å². The fourth-order valence-corrected chi connectivity index (χ4v) is 1.37. The summed E-state index contributed by atoms with van der Waals surface area (Å²) in [6.07, 6.45) is 0.559. The number of hydrogen-bond donors (Lipinski definition) is 1.